The highest BCUT2D eigenvalue weighted by atomic mass is 79.9. The molecule has 0 aliphatic carbocycles. The Bertz CT molecular complexity index is 718. The molecule has 3 amide bonds. The number of fused-ring (bicyclic) bond motifs is 1. The minimum Gasteiger partial charge on any atom is -0.480 e. The van der Waals surface area contributed by atoms with E-state index >= 15 is 0 Å². The second-order valence-corrected chi connectivity index (χ2v) is 6.57. The van der Waals surface area contributed by atoms with Gasteiger partial charge in [0.15, 0.2) is 0 Å². The highest BCUT2D eigenvalue weighted by Gasteiger charge is 2.37. The lowest BCUT2D eigenvalue weighted by Gasteiger charge is -2.21. The maximum atomic E-state index is 12.3. The molecule has 1 aliphatic rings. The van der Waals surface area contributed by atoms with Crippen LogP contribution >= 0.6 is 15.9 Å². The Labute approximate surface area is 147 Å². The smallest absolute Gasteiger partial charge is 0.326 e. The van der Waals surface area contributed by atoms with Crippen LogP contribution in [0.15, 0.2) is 22.7 Å². The SMILES string of the molecule is CCC(C)C(NC(=O)CN1C(=O)c2ccc(Br)cc2C1=O)C(=O)O. The summed E-state index contributed by atoms with van der Waals surface area (Å²) in [6, 6.07) is 3.60. The Morgan fingerprint density at radius 3 is 2.46 bits per heavy atom. The first-order valence-electron chi connectivity index (χ1n) is 7.44. The predicted octanol–water partition coefficient (Wildman–Crippen LogP) is 1.66. The highest BCUT2D eigenvalue weighted by molar-refractivity contribution is 9.10. The number of carboxylic acids is 1. The number of carbonyl (C=O) groups excluding carboxylic acids is 3. The lowest BCUT2D eigenvalue weighted by molar-refractivity contribution is -0.143. The van der Waals surface area contributed by atoms with Crippen molar-refractivity contribution in [1.29, 1.82) is 0 Å². The van der Waals surface area contributed by atoms with E-state index in [2.05, 4.69) is 21.2 Å². The first-order valence-corrected chi connectivity index (χ1v) is 8.23. The van der Waals surface area contributed by atoms with Gasteiger partial charge in [0.2, 0.25) is 5.91 Å². The molecule has 1 aromatic carbocycles. The molecule has 2 atom stereocenters. The van der Waals surface area contributed by atoms with E-state index in [1.165, 1.54) is 12.1 Å². The average Bonchev–Trinajstić information content (AvgIpc) is 2.76. The minimum absolute atomic E-state index is 0.221. The third-order valence-corrected chi connectivity index (χ3v) is 4.52. The van der Waals surface area contributed by atoms with Crippen LogP contribution in [0.4, 0.5) is 0 Å². The molecule has 128 valence electrons. The summed E-state index contributed by atoms with van der Waals surface area (Å²) in [4.78, 5) is 48.7. The molecule has 0 saturated carbocycles. The van der Waals surface area contributed by atoms with Crippen molar-refractivity contribution in [3.63, 3.8) is 0 Å². The van der Waals surface area contributed by atoms with Crippen LogP contribution < -0.4 is 5.32 Å². The Kier molecular flexibility index (Phi) is 5.38. The van der Waals surface area contributed by atoms with Crippen LogP contribution in [0, 0.1) is 5.92 Å². The van der Waals surface area contributed by atoms with E-state index in [1.807, 2.05) is 6.92 Å². The number of nitrogens with one attached hydrogen (secondary N) is 1. The predicted molar refractivity (Wildman–Crippen MR) is 88.5 cm³/mol. The maximum absolute atomic E-state index is 12.3. The monoisotopic (exact) mass is 396 g/mol. The van der Waals surface area contributed by atoms with E-state index < -0.39 is 36.3 Å². The van der Waals surface area contributed by atoms with Gasteiger partial charge in [-0.2, -0.15) is 0 Å². The van der Waals surface area contributed by atoms with Crippen LogP contribution in [0.5, 0.6) is 0 Å². The molecular weight excluding hydrogens is 380 g/mol. The summed E-state index contributed by atoms with van der Waals surface area (Å²) in [7, 11) is 0. The molecule has 0 radical (unpaired) electrons. The number of benzene rings is 1. The van der Waals surface area contributed by atoms with Crippen LogP contribution in [0.3, 0.4) is 0 Å². The summed E-state index contributed by atoms with van der Waals surface area (Å²) in [6.45, 7) is 3.01. The van der Waals surface area contributed by atoms with E-state index in [1.54, 1.807) is 13.0 Å². The Hall–Kier alpha value is -2.22. The highest BCUT2D eigenvalue weighted by Crippen LogP contribution is 2.25. The third kappa shape index (κ3) is 3.48. The van der Waals surface area contributed by atoms with Gasteiger partial charge in [-0.25, -0.2) is 4.79 Å². The lowest BCUT2D eigenvalue weighted by Crippen LogP contribution is -2.49. The van der Waals surface area contributed by atoms with Crippen molar-refractivity contribution >= 4 is 39.6 Å². The second-order valence-electron chi connectivity index (χ2n) is 5.66. The fourth-order valence-corrected chi connectivity index (χ4v) is 2.81. The summed E-state index contributed by atoms with van der Waals surface area (Å²) in [5, 5.41) is 11.6. The van der Waals surface area contributed by atoms with Crippen molar-refractivity contribution in [2.45, 2.75) is 26.3 Å². The topological polar surface area (TPSA) is 104 Å². The first kappa shape index (κ1) is 18.1. The van der Waals surface area contributed by atoms with E-state index in [4.69, 9.17) is 0 Å². The number of carboxylic acid groups (broad SMARTS) is 1. The summed E-state index contributed by atoms with van der Waals surface area (Å²) in [5.41, 5.74) is 0.451. The Morgan fingerprint density at radius 1 is 1.25 bits per heavy atom. The molecule has 0 bridgehead atoms. The van der Waals surface area contributed by atoms with Gasteiger partial charge in [0.05, 0.1) is 11.1 Å². The van der Waals surface area contributed by atoms with Gasteiger partial charge in [-0.1, -0.05) is 36.2 Å². The van der Waals surface area contributed by atoms with E-state index in [0.717, 1.165) is 4.90 Å². The van der Waals surface area contributed by atoms with Gasteiger partial charge in [0, 0.05) is 4.47 Å². The van der Waals surface area contributed by atoms with Crippen molar-refractivity contribution in [1.82, 2.24) is 10.2 Å². The van der Waals surface area contributed by atoms with Crippen molar-refractivity contribution in [3.8, 4) is 0 Å². The average molecular weight is 397 g/mol. The zero-order chi connectivity index (χ0) is 18.0. The van der Waals surface area contributed by atoms with Crippen molar-refractivity contribution in [2.75, 3.05) is 6.54 Å². The summed E-state index contributed by atoms with van der Waals surface area (Å²) >= 11 is 3.23. The molecule has 24 heavy (non-hydrogen) atoms. The lowest BCUT2D eigenvalue weighted by atomic mass is 9.99. The molecule has 2 unspecified atom stereocenters. The molecule has 2 N–H and O–H groups in total. The first-order chi connectivity index (χ1) is 11.3. The van der Waals surface area contributed by atoms with E-state index in [-0.39, 0.29) is 17.0 Å². The maximum Gasteiger partial charge on any atom is 0.326 e. The number of amides is 3. The van der Waals surface area contributed by atoms with E-state index in [9.17, 15) is 24.3 Å². The number of nitrogens with zero attached hydrogens (tertiary/aromatic N) is 1. The van der Waals surface area contributed by atoms with Gasteiger partial charge in [-0.05, 0) is 24.1 Å². The molecule has 1 aliphatic heterocycles. The van der Waals surface area contributed by atoms with Crippen molar-refractivity contribution < 1.29 is 24.3 Å². The number of aliphatic carboxylic acids is 1. The molecule has 0 saturated heterocycles. The summed E-state index contributed by atoms with van der Waals surface area (Å²) in [6.07, 6.45) is 0.568. The summed E-state index contributed by atoms with van der Waals surface area (Å²) in [5.74, 6) is -3.24. The molecule has 1 aromatic rings. The summed E-state index contributed by atoms with van der Waals surface area (Å²) < 4.78 is 0.649. The quantitative estimate of drug-likeness (QED) is 0.711. The number of rotatable bonds is 6. The number of hydrogen-bond donors (Lipinski definition) is 2. The third-order valence-electron chi connectivity index (χ3n) is 4.03. The van der Waals surface area contributed by atoms with Crippen molar-refractivity contribution in [3.05, 3.63) is 33.8 Å². The Morgan fingerprint density at radius 2 is 1.88 bits per heavy atom. The van der Waals surface area contributed by atoms with E-state index in [0.29, 0.717) is 10.9 Å². The van der Waals surface area contributed by atoms with Gasteiger partial charge in [-0.15, -0.1) is 0 Å². The zero-order valence-electron chi connectivity index (χ0n) is 13.2. The molecular formula is C16H17BrN2O5. The van der Waals surface area contributed by atoms with Gasteiger partial charge < -0.3 is 10.4 Å². The fraction of sp³-hybridized carbons (Fsp3) is 0.375. The van der Waals surface area contributed by atoms with Crippen LogP contribution in [0.2, 0.25) is 0 Å². The second kappa shape index (κ2) is 7.12. The van der Waals surface area contributed by atoms with Gasteiger partial charge in [0.1, 0.15) is 12.6 Å². The van der Waals surface area contributed by atoms with Gasteiger partial charge in [0.25, 0.3) is 11.8 Å². The number of imide groups is 1. The van der Waals surface area contributed by atoms with Crippen LogP contribution in [0.25, 0.3) is 0 Å². The zero-order valence-corrected chi connectivity index (χ0v) is 14.8. The molecule has 1 heterocycles. The van der Waals surface area contributed by atoms with Gasteiger partial charge in [-0.3, -0.25) is 19.3 Å². The standard InChI is InChI=1S/C16H17BrN2O5/c1-3-8(2)13(16(23)24)18-12(20)7-19-14(21)10-5-4-9(17)6-11(10)15(19)22/h4-6,8,13H,3,7H2,1-2H3,(H,18,20)(H,23,24). The van der Waals surface area contributed by atoms with Gasteiger partial charge >= 0.3 is 5.97 Å². The molecule has 0 aromatic heterocycles. The minimum atomic E-state index is -1.15. The Balaban J connectivity index is 2.12. The number of hydrogen-bond acceptors (Lipinski definition) is 4. The number of carbonyl (C=O) groups is 4. The van der Waals surface area contributed by atoms with Crippen molar-refractivity contribution in [2.24, 2.45) is 5.92 Å². The molecule has 0 fully saturated rings. The molecule has 7 nitrogen and oxygen atoms in total. The van der Waals surface area contributed by atoms with Crippen LogP contribution in [-0.2, 0) is 9.59 Å². The molecule has 2 rings (SSSR count). The normalized spacial score (nSPS) is 15.9. The number of halogens is 1. The van der Waals surface area contributed by atoms with Crippen LogP contribution in [-0.4, -0.2) is 46.3 Å². The molecule has 8 heteroatoms. The molecule has 0 spiro atoms. The largest absolute Gasteiger partial charge is 0.480 e. The van der Waals surface area contributed by atoms with Crippen LogP contribution in [0.1, 0.15) is 41.0 Å². The fourth-order valence-electron chi connectivity index (χ4n) is 2.45.